The molecule has 1 aromatic carbocycles. The van der Waals surface area contributed by atoms with Crippen LogP contribution in [0.15, 0.2) is 59.0 Å². The minimum atomic E-state index is -1.25. The Balaban J connectivity index is 2.46. The van der Waals surface area contributed by atoms with E-state index < -0.39 is 8.07 Å². The summed E-state index contributed by atoms with van der Waals surface area (Å²) < 4.78 is 0. The van der Waals surface area contributed by atoms with Gasteiger partial charge in [-0.2, -0.15) is 0 Å². The molecule has 0 fully saturated rings. The molecule has 0 saturated heterocycles. The van der Waals surface area contributed by atoms with Crippen molar-refractivity contribution >= 4 is 8.07 Å². The zero-order valence-electron chi connectivity index (χ0n) is 12.0. The van der Waals surface area contributed by atoms with Crippen LogP contribution in [0.25, 0.3) is 0 Å². The van der Waals surface area contributed by atoms with Crippen molar-refractivity contribution in [2.24, 2.45) is 0 Å². The third-order valence-electron chi connectivity index (χ3n) is 3.66. The average Bonchev–Trinajstić information content (AvgIpc) is 2.79. The van der Waals surface area contributed by atoms with Gasteiger partial charge in [-0.05, 0) is 16.8 Å². The summed E-state index contributed by atoms with van der Waals surface area (Å²) in [5.74, 6) is 0. The molecule has 0 aromatic heterocycles. The smallest absolute Gasteiger partial charge is 0.0875 e. The van der Waals surface area contributed by atoms with E-state index in [-0.39, 0.29) is 5.41 Å². The Morgan fingerprint density at radius 1 is 0.944 bits per heavy atom. The molecule has 94 valence electrons. The predicted octanol–water partition coefficient (Wildman–Crippen LogP) is 4.86. The molecule has 0 radical (unpaired) electrons. The third kappa shape index (κ3) is 2.43. The van der Waals surface area contributed by atoms with Crippen molar-refractivity contribution in [2.45, 2.75) is 38.9 Å². The highest BCUT2D eigenvalue weighted by atomic mass is 28.3. The lowest BCUT2D eigenvalue weighted by molar-refractivity contribution is 0.642. The summed E-state index contributed by atoms with van der Waals surface area (Å²) in [7, 11) is -1.25. The normalized spacial score (nSPS) is 15.6. The molecule has 0 atom stereocenters. The standard InChI is InChI=1S/C17H22Si/c1-17(2,14-9-7-6-8-10-14)15-11-12-16(13-15)18(3,4)5/h6-12H,1-5H3. The summed E-state index contributed by atoms with van der Waals surface area (Å²) in [4.78, 5) is 0. The zero-order valence-corrected chi connectivity index (χ0v) is 13.0. The quantitative estimate of drug-likeness (QED) is 0.533. The molecule has 1 heteroatoms. The zero-order chi connectivity index (χ0) is 13.4. The van der Waals surface area contributed by atoms with Crippen molar-refractivity contribution < 1.29 is 0 Å². The molecule has 18 heavy (non-hydrogen) atoms. The number of hydrogen-bond donors (Lipinski definition) is 0. The second kappa shape index (κ2) is 4.42. The monoisotopic (exact) mass is 254 g/mol. The van der Waals surface area contributed by atoms with E-state index in [9.17, 15) is 0 Å². The Morgan fingerprint density at radius 3 is 2.06 bits per heavy atom. The second-order valence-corrected chi connectivity index (χ2v) is 11.6. The molecule has 0 N–H and O–H groups in total. The Labute approximate surface area is 112 Å². The van der Waals surface area contributed by atoms with Crippen molar-refractivity contribution in [3.8, 4) is 0 Å². The molecule has 0 amide bonds. The minimum absolute atomic E-state index is 0.0408. The van der Waals surface area contributed by atoms with Crippen molar-refractivity contribution in [2.75, 3.05) is 0 Å². The topological polar surface area (TPSA) is 0 Å². The van der Waals surface area contributed by atoms with Crippen LogP contribution in [0, 0.1) is 0 Å². The number of rotatable bonds is 3. The lowest BCUT2D eigenvalue weighted by atomic mass is 9.78. The van der Waals surface area contributed by atoms with Crippen LogP contribution in [0.3, 0.4) is 0 Å². The first-order chi connectivity index (χ1) is 8.32. The van der Waals surface area contributed by atoms with Crippen LogP contribution >= 0.6 is 0 Å². The van der Waals surface area contributed by atoms with Crippen LogP contribution in [-0.2, 0) is 5.41 Å². The Bertz CT molecular complexity index is 533. The number of benzene rings is 1. The molecule has 1 aliphatic carbocycles. The van der Waals surface area contributed by atoms with Crippen LogP contribution in [0.1, 0.15) is 19.4 Å². The van der Waals surface area contributed by atoms with Crippen molar-refractivity contribution in [3.05, 3.63) is 64.5 Å². The van der Waals surface area contributed by atoms with E-state index in [0.29, 0.717) is 0 Å². The molecule has 2 rings (SSSR count). The maximum atomic E-state index is 3.65. The molecular weight excluding hydrogens is 232 g/mol. The highest BCUT2D eigenvalue weighted by Crippen LogP contribution is 2.35. The van der Waals surface area contributed by atoms with Gasteiger partial charge in [0.05, 0.1) is 8.07 Å². The predicted molar refractivity (Wildman–Crippen MR) is 82.5 cm³/mol. The lowest BCUT2D eigenvalue weighted by Crippen LogP contribution is -2.21. The number of allylic oxidation sites excluding steroid dienone is 3. The van der Waals surface area contributed by atoms with Gasteiger partial charge >= 0.3 is 0 Å². The Hall–Kier alpha value is -1.30. The third-order valence-corrected chi connectivity index (χ3v) is 5.57. The van der Waals surface area contributed by atoms with Crippen LogP contribution in [0.4, 0.5) is 0 Å². The SMILES string of the molecule is CC(C)(C1=C=C([Si](C)(C)C)C=C1)c1ccccc1. The maximum absolute atomic E-state index is 3.65. The van der Waals surface area contributed by atoms with E-state index in [0.717, 1.165) is 0 Å². The molecule has 0 saturated carbocycles. The minimum Gasteiger partial charge on any atom is -0.117 e. The van der Waals surface area contributed by atoms with Gasteiger partial charge in [0.25, 0.3) is 0 Å². The van der Waals surface area contributed by atoms with Crippen LogP contribution in [0.5, 0.6) is 0 Å². The highest BCUT2D eigenvalue weighted by Gasteiger charge is 2.28. The molecule has 0 bridgehead atoms. The summed E-state index contributed by atoms with van der Waals surface area (Å²) in [6.07, 6.45) is 4.52. The lowest BCUT2D eigenvalue weighted by Gasteiger charge is -2.24. The van der Waals surface area contributed by atoms with Gasteiger partial charge in [-0.25, -0.2) is 0 Å². The van der Waals surface area contributed by atoms with Crippen LogP contribution in [0.2, 0.25) is 19.6 Å². The fourth-order valence-electron chi connectivity index (χ4n) is 2.21. The first-order valence-corrected chi connectivity index (χ1v) is 10.1. The molecule has 0 heterocycles. The van der Waals surface area contributed by atoms with Gasteiger partial charge in [-0.1, -0.05) is 69.9 Å². The summed E-state index contributed by atoms with van der Waals surface area (Å²) in [6, 6.07) is 10.7. The van der Waals surface area contributed by atoms with Crippen molar-refractivity contribution in [1.29, 1.82) is 0 Å². The van der Waals surface area contributed by atoms with Crippen molar-refractivity contribution in [3.63, 3.8) is 0 Å². The summed E-state index contributed by atoms with van der Waals surface area (Å²) in [5, 5.41) is 1.43. The van der Waals surface area contributed by atoms with E-state index >= 15 is 0 Å². The van der Waals surface area contributed by atoms with Gasteiger partial charge in [-0.15, -0.1) is 5.73 Å². The fourth-order valence-corrected chi connectivity index (χ4v) is 3.30. The number of hydrogen-bond acceptors (Lipinski definition) is 0. The summed E-state index contributed by atoms with van der Waals surface area (Å²) in [5.41, 5.74) is 6.36. The summed E-state index contributed by atoms with van der Waals surface area (Å²) in [6.45, 7) is 11.7. The van der Waals surface area contributed by atoms with Crippen LogP contribution < -0.4 is 0 Å². The van der Waals surface area contributed by atoms with Gasteiger partial charge in [0.2, 0.25) is 0 Å². The fraction of sp³-hybridized carbons (Fsp3) is 0.353. The van der Waals surface area contributed by atoms with E-state index in [1.165, 1.54) is 16.3 Å². The first-order valence-electron chi connectivity index (χ1n) is 6.57. The Kier molecular flexibility index (Phi) is 3.23. The van der Waals surface area contributed by atoms with Gasteiger partial charge in [0.1, 0.15) is 0 Å². The summed E-state index contributed by atoms with van der Waals surface area (Å²) >= 11 is 0. The van der Waals surface area contributed by atoms with E-state index in [2.05, 4.69) is 81.7 Å². The Morgan fingerprint density at radius 2 is 1.56 bits per heavy atom. The molecular formula is C17H22Si. The molecule has 0 nitrogen and oxygen atoms in total. The van der Waals surface area contributed by atoms with Gasteiger partial charge < -0.3 is 0 Å². The highest BCUT2D eigenvalue weighted by molar-refractivity contribution is 6.83. The second-order valence-electron chi connectivity index (χ2n) is 6.53. The van der Waals surface area contributed by atoms with E-state index in [4.69, 9.17) is 0 Å². The molecule has 0 spiro atoms. The maximum Gasteiger partial charge on any atom is 0.0875 e. The molecule has 1 aromatic rings. The van der Waals surface area contributed by atoms with Gasteiger partial charge in [0.15, 0.2) is 0 Å². The molecule has 0 unspecified atom stereocenters. The van der Waals surface area contributed by atoms with Crippen LogP contribution in [-0.4, -0.2) is 8.07 Å². The average molecular weight is 254 g/mol. The first kappa shape index (κ1) is 13.1. The van der Waals surface area contributed by atoms with E-state index in [1.807, 2.05) is 0 Å². The molecule has 1 aliphatic rings. The van der Waals surface area contributed by atoms with Gasteiger partial charge in [0, 0.05) is 11.0 Å². The largest absolute Gasteiger partial charge is 0.117 e. The van der Waals surface area contributed by atoms with Gasteiger partial charge in [-0.3, -0.25) is 0 Å². The molecule has 0 aliphatic heterocycles. The van der Waals surface area contributed by atoms with E-state index in [1.54, 1.807) is 0 Å². The van der Waals surface area contributed by atoms with Crippen molar-refractivity contribution in [1.82, 2.24) is 0 Å².